The molecule has 1 saturated heterocycles. The SMILES string of the molecule is CC(=O)c1c(C)c(O)c2cc(C(=O)O)cc(OC3OC(C4(O)CCCCC4)C(O)C(O)C3O)c2c1O. The van der Waals surface area contributed by atoms with Gasteiger partial charge in [0.05, 0.1) is 22.1 Å². The van der Waals surface area contributed by atoms with Gasteiger partial charge in [-0.25, -0.2) is 4.79 Å². The summed E-state index contributed by atoms with van der Waals surface area (Å²) >= 11 is 0. The Bertz CT molecular complexity index is 1200. The second-order valence-electron chi connectivity index (χ2n) is 9.63. The van der Waals surface area contributed by atoms with Gasteiger partial charge in [-0.3, -0.25) is 4.79 Å². The molecule has 1 saturated carbocycles. The monoisotopic (exact) mass is 506 g/mol. The number of carboxylic acid groups (broad SMARTS) is 1. The van der Waals surface area contributed by atoms with Crippen molar-refractivity contribution < 1.29 is 54.8 Å². The first kappa shape index (κ1) is 26.1. The summed E-state index contributed by atoms with van der Waals surface area (Å²) in [6.45, 7) is 2.57. The molecule has 4 rings (SSSR count). The van der Waals surface area contributed by atoms with Gasteiger partial charge in [0.1, 0.15) is 41.7 Å². The number of phenolic OH excluding ortho intramolecular Hbond substituents is 2. The van der Waals surface area contributed by atoms with Gasteiger partial charge in [0.15, 0.2) is 5.78 Å². The zero-order valence-electron chi connectivity index (χ0n) is 19.8. The lowest BCUT2D eigenvalue weighted by Crippen LogP contribution is -2.65. The molecule has 2 aromatic carbocycles. The first-order valence-corrected chi connectivity index (χ1v) is 11.7. The Morgan fingerprint density at radius 3 is 2.22 bits per heavy atom. The Balaban J connectivity index is 1.84. The molecule has 11 heteroatoms. The maximum Gasteiger partial charge on any atom is 0.335 e. The molecule has 1 aliphatic heterocycles. The number of benzene rings is 2. The van der Waals surface area contributed by atoms with E-state index in [0.29, 0.717) is 12.8 Å². The minimum absolute atomic E-state index is 0.0352. The van der Waals surface area contributed by atoms with Crippen LogP contribution in [0, 0.1) is 6.92 Å². The second kappa shape index (κ2) is 9.49. The summed E-state index contributed by atoms with van der Waals surface area (Å²) in [5.74, 6) is -3.34. The number of aromatic carboxylic acids is 1. The molecule has 5 unspecified atom stereocenters. The van der Waals surface area contributed by atoms with Crippen molar-refractivity contribution >= 4 is 22.5 Å². The number of carbonyl (C=O) groups is 2. The topological polar surface area (TPSA) is 194 Å². The van der Waals surface area contributed by atoms with Crippen molar-refractivity contribution in [2.45, 2.75) is 82.3 Å². The van der Waals surface area contributed by atoms with E-state index in [4.69, 9.17) is 9.47 Å². The van der Waals surface area contributed by atoms with Crippen LogP contribution >= 0.6 is 0 Å². The molecule has 11 nitrogen and oxygen atoms in total. The summed E-state index contributed by atoms with van der Waals surface area (Å²) in [7, 11) is 0. The molecule has 5 atom stereocenters. The average Bonchev–Trinajstić information content (AvgIpc) is 2.82. The third-order valence-electron chi connectivity index (χ3n) is 7.22. The Morgan fingerprint density at radius 2 is 1.64 bits per heavy atom. The summed E-state index contributed by atoms with van der Waals surface area (Å²) < 4.78 is 11.5. The number of aromatic hydroxyl groups is 2. The largest absolute Gasteiger partial charge is 0.507 e. The molecule has 0 aromatic heterocycles. The van der Waals surface area contributed by atoms with E-state index in [1.54, 1.807) is 0 Å². The highest BCUT2D eigenvalue weighted by molar-refractivity contribution is 6.11. The van der Waals surface area contributed by atoms with E-state index in [1.165, 1.54) is 13.8 Å². The Kier molecular flexibility index (Phi) is 6.88. The Labute approximate surface area is 206 Å². The van der Waals surface area contributed by atoms with Crippen molar-refractivity contribution in [3.05, 3.63) is 28.8 Å². The van der Waals surface area contributed by atoms with Crippen molar-refractivity contribution in [1.29, 1.82) is 0 Å². The maximum absolute atomic E-state index is 12.2. The fraction of sp³-hybridized carbons (Fsp3) is 0.520. The van der Waals surface area contributed by atoms with E-state index in [2.05, 4.69) is 0 Å². The molecule has 196 valence electrons. The van der Waals surface area contributed by atoms with Crippen LogP contribution in [0.5, 0.6) is 17.2 Å². The second-order valence-corrected chi connectivity index (χ2v) is 9.63. The van der Waals surface area contributed by atoms with Crippen LogP contribution in [0.4, 0.5) is 0 Å². The lowest BCUT2D eigenvalue weighted by atomic mass is 9.76. The van der Waals surface area contributed by atoms with Gasteiger partial charge in [0, 0.05) is 10.9 Å². The van der Waals surface area contributed by atoms with Crippen molar-refractivity contribution in [3.63, 3.8) is 0 Å². The lowest BCUT2D eigenvalue weighted by molar-refractivity contribution is -0.308. The van der Waals surface area contributed by atoms with Crippen molar-refractivity contribution in [1.82, 2.24) is 0 Å². The number of carbonyl (C=O) groups excluding carboxylic acids is 1. The Hall–Kier alpha value is -2.96. The minimum Gasteiger partial charge on any atom is -0.507 e. The quantitative estimate of drug-likeness (QED) is 0.228. The predicted octanol–water partition coefficient (Wildman–Crippen LogP) is 1.34. The molecule has 1 heterocycles. The third-order valence-corrected chi connectivity index (χ3v) is 7.22. The summed E-state index contributed by atoms with van der Waals surface area (Å²) in [6, 6.07) is 2.11. The van der Waals surface area contributed by atoms with Gasteiger partial charge < -0.3 is 45.2 Å². The van der Waals surface area contributed by atoms with Crippen LogP contribution in [-0.2, 0) is 4.74 Å². The van der Waals surface area contributed by atoms with Gasteiger partial charge in [0.2, 0.25) is 6.29 Å². The van der Waals surface area contributed by atoms with E-state index in [1.807, 2.05) is 0 Å². The van der Waals surface area contributed by atoms with Gasteiger partial charge in [-0.2, -0.15) is 0 Å². The fourth-order valence-electron chi connectivity index (χ4n) is 5.28. The normalized spacial score (nSPS) is 28.1. The number of aliphatic hydroxyl groups is 4. The minimum atomic E-state index is -1.82. The van der Waals surface area contributed by atoms with Gasteiger partial charge >= 0.3 is 5.97 Å². The lowest BCUT2D eigenvalue weighted by Gasteiger charge is -2.48. The highest BCUT2D eigenvalue weighted by Crippen LogP contribution is 2.46. The standard InChI is InChI=1S/C25H30O11/c1-10-15(11(2)26)18(28)16-13(17(10)27)8-12(23(32)33)9-14(16)35-24-21(31)19(29)20(30)22(36-24)25(34)6-4-3-5-7-25/h8-9,19-22,24,27-31,34H,3-7H2,1-2H3,(H,32,33). The molecule has 0 spiro atoms. The molecule has 2 aliphatic rings. The maximum atomic E-state index is 12.2. The number of carboxylic acids is 1. The first-order chi connectivity index (χ1) is 16.9. The average molecular weight is 507 g/mol. The summed E-state index contributed by atoms with van der Waals surface area (Å²) in [6.07, 6.45) is -5.46. The van der Waals surface area contributed by atoms with Crippen LogP contribution in [0.1, 0.15) is 65.3 Å². The highest BCUT2D eigenvalue weighted by Gasteiger charge is 2.53. The van der Waals surface area contributed by atoms with Crippen molar-refractivity contribution in [2.24, 2.45) is 0 Å². The van der Waals surface area contributed by atoms with Gasteiger partial charge in [0.25, 0.3) is 0 Å². The van der Waals surface area contributed by atoms with Crippen molar-refractivity contribution in [3.8, 4) is 17.2 Å². The van der Waals surface area contributed by atoms with Crippen LogP contribution in [0.25, 0.3) is 10.8 Å². The number of hydrogen-bond acceptors (Lipinski definition) is 10. The molecule has 2 aromatic rings. The molecule has 0 radical (unpaired) electrons. The molecule has 2 fully saturated rings. The predicted molar refractivity (Wildman–Crippen MR) is 124 cm³/mol. The van der Waals surface area contributed by atoms with Crippen LogP contribution < -0.4 is 4.74 Å². The Morgan fingerprint density at radius 1 is 1.00 bits per heavy atom. The van der Waals surface area contributed by atoms with E-state index < -0.39 is 59.6 Å². The molecule has 7 N–H and O–H groups in total. The van der Waals surface area contributed by atoms with E-state index >= 15 is 0 Å². The number of rotatable bonds is 5. The molecular weight excluding hydrogens is 476 g/mol. The molecule has 1 aliphatic carbocycles. The van der Waals surface area contributed by atoms with E-state index in [-0.39, 0.29) is 46.1 Å². The van der Waals surface area contributed by atoms with Gasteiger partial charge in [-0.15, -0.1) is 0 Å². The van der Waals surface area contributed by atoms with Crippen molar-refractivity contribution in [2.75, 3.05) is 0 Å². The molecular formula is C25H30O11. The fourth-order valence-corrected chi connectivity index (χ4v) is 5.28. The summed E-state index contributed by atoms with van der Waals surface area (Å²) in [5, 5.41) is 73.7. The number of aliphatic hydroxyl groups excluding tert-OH is 3. The van der Waals surface area contributed by atoms with Crippen LogP contribution in [0.15, 0.2) is 12.1 Å². The number of fused-ring (bicyclic) bond motifs is 1. The molecule has 36 heavy (non-hydrogen) atoms. The summed E-state index contributed by atoms with van der Waals surface area (Å²) in [4.78, 5) is 23.9. The van der Waals surface area contributed by atoms with Crippen LogP contribution in [0.3, 0.4) is 0 Å². The first-order valence-electron chi connectivity index (χ1n) is 11.7. The smallest absolute Gasteiger partial charge is 0.335 e. The van der Waals surface area contributed by atoms with Crippen LogP contribution in [-0.4, -0.2) is 83.8 Å². The zero-order chi connectivity index (χ0) is 26.5. The number of ketones is 1. The molecule has 0 bridgehead atoms. The van der Waals surface area contributed by atoms with E-state index in [0.717, 1.165) is 18.6 Å². The van der Waals surface area contributed by atoms with E-state index in [9.17, 15) is 45.3 Å². The number of Topliss-reactive ketones (excluding diaryl/α,β-unsaturated/α-hetero) is 1. The number of hydrogen-bond donors (Lipinski definition) is 7. The van der Waals surface area contributed by atoms with Crippen LogP contribution in [0.2, 0.25) is 0 Å². The van der Waals surface area contributed by atoms with Gasteiger partial charge in [-0.05, 0) is 38.8 Å². The number of phenols is 2. The third kappa shape index (κ3) is 4.27. The highest BCUT2D eigenvalue weighted by atomic mass is 16.7. The number of ether oxygens (including phenoxy) is 2. The van der Waals surface area contributed by atoms with Gasteiger partial charge in [-0.1, -0.05) is 19.3 Å². The molecule has 0 amide bonds. The zero-order valence-corrected chi connectivity index (χ0v) is 19.8. The summed E-state index contributed by atoms with van der Waals surface area (Å²) in [5.41, 5.74) is -2.00.